The highest BCUT2D eigenvalue weighted by molar-refractivity contribution is 9.11. The van der Waals surface area contributed by atoms with Crippen LogP contribution in [0.5, 0.6) is 0 Å². The van der Waals surface area contributed by atoms with Gasteiger partial charge in [-0.1, -0.05) is 6.92 Å². The molecule has 2 aromatic heterocycles. The Labute approximate surface area is 138 Å². The van der Waals surface area contributed by atoms with Crippen LogP contribution in [-0.2, 0) is 23.0 Å². The summed E-state index contributed by atoms with van der Waals surface area (Å²) in [6.45, 7) is 2.21. The summed E-state index contributed by atoms with van der Waals surface area (Å²) in [4.78, 5) is 11.8. The first-order chi connectivity index (χ1) is 9.85. The van der Waals surface area contributed by atoms with Gasteiger partial charge in [-0.25, -0.2) is 17.9 Å². The number of carboxylic acids is 1. The van der Waals surface area contributed by atoms with E-state index in [1.54, 1.807) is 0 Å². The minimum atomic E-state index is -3.75. The van der Waals surface area contributed by atoms with Crippen LogP contribution in [0.15, 0.2) is 26.2 Å². The van der Waals surface area contributed by atoms with Crippen molar-refractivity contribution < 1.29 is 18.3 Å². The monoisotopic (exact) mass is 409 g/mol. The molecule has 0 unspecified atom stereocenters. The number of carboxylic acid groups (broad SMARTS) is 1. The number of aromatic carboxylic acids is 1. The van der Waals surface area contributed by atoms with Gasteiger partial charge in [0.25, 0.3) is 0 Å². The van der Waals surface area contributed by atoms with Gasteiger partial charge in [0, 0.05) is 11.4 Å². The second-order valence-corrected chi connectivity index (χ2v) is 9.21. The number of hydrogen-bond acceptors (Lipinski definition) is 5. The largest absolute Gasteiger partial charge is 0.477 e. The summed E-state index contributed by atoms with van der Waals surface area (Å²) in [5.41, 5.74) is 1.11. The molecule has 0 aliphatic rings. The molecule has 0 aliphatic heterocycles. The second-order valence-electron chi connectivity index (χ2n) is 4.10. The number of nitrogens with one attached hydrogen (secondary N) is 1. The van der Waals surface area contributed by atoms with E-state index in [2.05, 4.69) is 20.7 Å². The molecule has 21 heavy (non-hydrogen) atoms. The van der Waals surface area contributed by atoms with E-state index in [1.807, 2.05) is 18.4 Å². The smallest absolute Gasteiger partial charge is 0.345 e. The molecule has 114 valence electrons. The van der Waals surface area contributed by atoms with E-state index in [4.69, 9.17) is 5.11 Å². The molecule has 0 spiro atoms. The van der Waals surface area contributed by atoms with E-state index in [-0.39, 0.29) is 20.1 Å². The Morgan fingerprint density at radius 3 is 2.76 bits per heavy atom. The minimum absolute atomic E-state index is 0.0207. The third kappa shape index (κ3) is 3.72. The highest BCUT2D eigenvalue weighted by Crippen LogP contribution is 2.32. The van der Waals surface area contributed by atoms with Gasteiger partial charge in [0.1, 0.15) is 9.77 Å². The van der Waals surface area contributed by atoms with Gasteiger partial charge in [0.05, 0.1) is 3.79 Å². The normalized spacial score (nSPS) is 11.7. The highest BCUT2D eigenvalue weighted by atomic mass is 79.9. The van der Waals surface area contributed by atoms with Crippen LogP contribution in [-0.4, -0.2) is 19.5 Å². The lowest BCUT2D eigenvalue weighted by atomic mass is 10.2. The van der Waals surface area contributed by atoms with Gasteiger partial charge >= 0.3 is 5.97 Å². The van der Waals surface area contributed by atoms with Crippen LogP contribution in [0.2, 0.25) is 0 Å². The average Bonchev–Trinajstić information content (AvgIpc) is 3.02. The molecule has 0 aliphatic carbocycles. The number of hydrogen-bond donors (Lipinski definition) is 2. The fourth-order valence-corrected chi connectivity index (χ4v) is 6.12. The summed E-state index contributed by atoms with van der Waals surface area (Å²) >= 11 is 5.48. The van der Waals surface area contributed by atoms with Gasteiger partial charge in [-0.15, -0.1) is 22.7 Å². The summed E-state index contributed by atoms with van der Waals surface area (Å²) < 4.78 is 27.3. The van der Waals surface area contributed by atoms with Crippen molar-refractivity contribution in [2.24, 2.45) is 0 Å². The standard InChI is InChI=1S/C12H12BrNO4S3/c1-2-7-3-4-19-9(7)6-14-21(17,18)10-5-8(12(15)16)20-11(10)13/h3-5,14H,2,6H2,1H3,(H,15,16). The van der Waals surface area contributed by atoms with Crippen LogP contribution in [0, 0.1) is 0 Å². The zero-order chi connectivity index (χ0) is 15.6. The summed E-state index contributed by atoms with van der Waals surface area (Å²) in [7, 11) is -3.75. The van der Waals surface area contributed by atoms with Crippen LogP contribution in [0.3, 0.4) is 0 Å². The molecule has 0 fully saturated rings. The topological polar surface area (TPSA) is 83.5 Å². The first-order valence-electron chi connectivity index (χ1n) is 5.92. The lowest BCUT2D eigenvalue weighted by Gasteiger charge is -2.06. The number of sulfonamides is 1. The molecule has 0 amide bonds. The van der Waals surface area contributed by atoms with Crippen molar-refractivity contribution in [2.45, 2.75) is 24.8 Å². The number of aryl methyl sites for hydroxylation is 1. The zero-order valence-electron chi connectivity index (χ0n) is 10.9. The Kier molecular flexibility index (Phi) is 5.20. The molecule has 9 heteroatoms. The average molecular weight is 410 g/mol. The predicted molar refractivity (Wildman–Crippen MR) is 86.7 cm³/mol. The SMILES string of the molecule is CCc1ccsc1CNS(=O)(=O)c1cc(C(=O)O)sc1Br. The lowest BCUT2D eigenvalue weighted by molar-refractivity contribution is 0.0702. The predicted octanol–water partition coefficient (Wildman–Crippen LogP) is 3.31. The highest BCUT2D eigenvalue weighted by Gasteiger charge is 2.23. The van der Waals surface area contributed by atoms with Gasteiger partial charge in [0.2, 0.25) is 10.0 Å². The fourth-order valence-electron chi connectivity index (χ4n) is 1.72. The minimum Gasteiger partial charge on any atom is -0.477 e. The number of thiophene rings is 2. The van der Waals surface area contributed by atoms with E-state index < -0.39 is 16.0 Å². The number of halogens is 1. The van der Waals surface area contributed by atoms with Gasteiger partial charge in [-0.2, -0.15) is 0 Å². The molecular weight excluding hydrogens is 398 g/mol. The molecule has 2 heterocycles. The van der Waals surface area contributed by atoms with Crippen molar-refractivity contribution in [3.05, 3.63) is 36.6 Å². The molecule has 0 saturated heterocycles. The van der Waals surface area contributed by atoms with Crippen LogP contribution in [0.25, 0.3) is 0 Å². The molecule has 0 radical (unpaired) electrons. The first kappa shape index (κ1) is 16.6. The summed E-state index contributed by atoms with van der Waals surface area (Å²) in [6.07, 6.45) is 0.839. The summed E-state index contributed by atoms with van der Waals surface area (Å²) in [6, 6.07) is 3.13. The van der Waals surface area contributed by atoms with Crippen molar-refractivity contribution in [2.75, 3.05) is 0 Å². The molecule has 2 aromatic rings. The van der Waals surface area contributed by atoms with E-state index in [1.165, 1.54) is 11.3 Å². The van der Waals surface area contributed by atoms with E-state index in [0.717, 1.165) is 34.3 Å². The zero-order valence-corrected chi connectivity index (χ0v) is 15.0. The molecule has 0 atom stereocenters. The van der Waals surface area contributed by atoms with Crippen molar-refractivity contribution in [3.63, 3.8) is 0 Å². The maximum Gasteiger partial charge on any atom is 0.345 e. The van der Waals surface area contributed by atoms with Crippen LogP contribution in [0.1, 0.15) is 27.0 Å². The maximum absolute atomic E-state index is 12.3. The third-order valence-corrected chi connectivity index (χ3v) is 7.40. The van der Waals surface area contributed by atoms with Crippen molar-refractivity contribution in [1.82, 2.24) is 4.72 Å². The quantitative estimate of drug-likeness (QED) is 0.766. The lowest BCUT2D eigenvalue weighted by Crippen LogP contribution is -2.23. The molecule has 0 bridgehead atoms. The Morgan fingerprint density at radius 1 is 1.48 bits per heavy atom. The second kappa shape index (κ2) is 6.57. The van der Waals surface area contributed by atoms with Crippen LogP contribution < -0.4 is 4.72 Å². The Balaban J connectivity index is 2.21. The summed E-state index contributed by atoms with van der Waals surface area (Å²) in [5.74, 6) is -1.14. The van der Waals surface area contributed by atoms with E-state index in [9.17, 15) is 13.2 Å². The van der Waals surface area contributed by atoms with E-state index in [0.29, 0.717) is 0 Å². The molecular formula is C12H12BrNO4S3. The number of carbonyl (C=O) groups is 1. The van der Waals surface area contributed by atoms with Crippen LogP contribution in [0.4, 0.5) is 0 Å². The maximum atomic E-state index is 12.3. The molecule has 2 N–H and O–H groups in total. The number of rotatable bonds is 6. The Morgan fingerprint density at radius 2 is 2.19 bits per heavy atom. The van der Waals surface area contributed by atoms with Crippen molar-refractivity contribution >= 4 is 54.6 Å². The van der Waals surface area contributed by atoms with E-state index >= 15 is 0 Å². The van der Waals surface area contributed by atoms with Gasteiger partial charge in [-0.05, 0) is 45.4 Å². The molecule has 5 nitrogen and oxygen atoms in total. The van der Waals surface area contributed by atoms with Crippen LogP contribution >= 0.6 is 38.6 Å². The van der Waals surface area contributed by atoms with Crippen molar-refractivity contribution in [3.8, 4) is 0 Å². The first-order valence-corrected chi connectivity index (χ1v) is 9.90. The van der Waals surface area contributed by atoms with Crippen molar-refractivity contribution in [1.29, 1.82) is 0 Å². The van der Waals surface area contributed by atoms with Gasteiger partial charge < -0.3 is 5.11 Å². The Hall–Kier alpha value is -0.740. The fraction of sp³-hybridized carbons (Fsp3) is 0.250. The molecule has 2 rings (SSSR count). The third-order valence-electron chi connectivity index (χ3n) is 2.80. The van der Waals surface area contributed by atoms with Gasteiger partial charge in [0.15, 0.2) is 0 Å². The van der Waals surface area contributed by atoms with Gasteiger partial charge in [-0.3, -0.25) is 0 Å². The Bertz CT molecular complexity index is 763. The summed E-state index contributed by atoms with van der Waals surface area (Å²) in [5, 5.41) is 10.8. The molecule has 0 saturated carbocycles. The molecule has 0 aromatic carbocycles.